The number of carbonyl (C=O) groups is 1. The fourth-order valence-electron chi connectivity index (χ4n) is 1.83. The third kappa shape index (κ3) is 2.83. The zero-order chi connectivity index (χ0) is 13.1. The first-order valence-electron chi connectivity index (χ1n) is 5.85. The number of hydrogen-bond donors (Lipinski definition) is 1. The van der Waals surface area contributed by atoms with E-state index in [-0.39, 0.29) is 5.78 Å². The molecule has 18 heavy (non-hydrogen) atoms. The molecule has 1 aromatic heterocycles. The molecule has 0 aliphatic rings. The number of aryl methyl sites for hydroxylation is 1. The van der Waals surface area contributed by atoms with Gasteiger partial charge in [-0.3, -0.25) is 4.79 Å². The van der Waals surface area contributed by atoms with Gasteiger partial charge in [-0.2, -0.15) is 0 Å². The third-order valence-corrected chi connectivity index (χ3v) is 3.99. The molecule has 2 N–H and O–H groups in total. The second-order valence-electron chi connectivity index (χ2n) is 4.25. The zero-order valence-corrected chi connectivity index (χ0v) is 11.4. The van der Waals surface area contributed by atoms with Gasteiger partial charge in [-0.1, -0.05) is 18.2 Å². The van der Waals surface area contributed by atoms with E-state index in [1.807, 2.05) is 31.2 Å². The number of thiazole rings is 1. The molecule has 4 heteroatoms. The molecule has 2 aromatic rings. The summed E-state index contributed by atoms with van der Waals surface area (Å²) in [5.41, 5.74) is 8.52. The Balaban J connectivity index is 2.25. The summed E-state index contributed by atoms with van der Waals surface area (Å²) in [5, 5.41) is 0.963. The van der Waals surface area contributed by atoms with Crippen molar-refractivity contribution in [3.63, 3.8) is 0 Å². The van der Waals surface area contributed by atoms with E-state index in [1.165, 1.54) is 4.88 Å². The highest BCUT2D eigenvalue weighted by atomic mass is 32.1. The highest BCUT2D eigenvalue weighted by Crippen LogP contribution is 2.21. The molecule has 0 unspecified atom stereocenters. The summed E-state index contributed by atoms with van der Waals surface area (Å²) in [6, 6.07) is 7.75. The first-order chi connectivity index (χ1) is 8.60. The van der Waals surface area contributed by atoms with E-state index in [0.29, 0.717) is 6.54 Å². The van der Waals surface area contributed by atoms with Crippen LogP contribution in [0.2, 0.25) is 0 Å². The van der Waals surface area contributed by atoms with Gasteiger partial charge < -0.3 is 5.73 Å². The van der Waals surface area contributed by atoms with Crippen molar-refractivity contribution in [2.24, 2.45) is 5.73 Å². The Bertz CT molecular complexity index is 575. The lowest BCUT2D eigenvalue weighted by Gasteiger charge is -2.02. The zero-order valence-electron chi connectivity index (χ0n) is 10.6. The molecule has 3 nitrogen and oxygen atoms in total. The first-order valence-corrected chi connectivity index (χ1v) is 6.67. The van der Waals surface area contributed by atoms with E-state index in [0.717, 1.165) is 28.2 Å². The largest absolute Gasteiger partial charge is 0.325 e. The maximum Gasteiger partial charge on any atom is 0.159 e. The van der Waals surface area contributed by atoms with Crippen LogP contribution in [0.25, 0.3) is 0 Å². The summed E-state index contributed by atoms with van der Waals surface area (Å²) < 4.78 is 0. The van der Waals surface area contributed by atoms with Gasteiger partial charge in [0, 0.05) is 23.4 Å². The normalized spacial score (nSPS) is 10.6. The number of benzene rings is 1. The Kier molecular flexibility index (Phi) is 3.89. The van der Waals surface area contributed by atoms with Gasteiger partial charge in [-0.15, -0.1) is 11.3 Å². The molecule has 0 spiro atoms. The van der Waals surface area contributed by atoms with Crippen LogP contribution in [0.1, 0.15) is 38.4 Å². The number of rotatable bonds is 4. The number of ketones is 1. The van der Waals surface area contributed by atoms with E-state index in [1.54, 1.807) is 18.3 Å². The summed E-state index contributed by atoms with van der Waals surface area (Å²) in [6.45, 7) is 4.07. The van der Waals surface area contributed by atoms with Crippen molar-refractivity contribution in [2.75, 3.05) is 0 Å². The number of nitrogens with two attached hydrogens (primary N) is 1. The smallest absolute Gasteiger partial charge is 0.159 e. The van der Waals surface area contributed by atoms with Crippen molar-refractivity contribution < 1.29 is 4.79 Å². The maximum absolute atomic E-state index is 11.3. The average molecular weight is 260 g/mol. The van der Waals surface area contributed by atoms with Crippen LogP contribution >= 0.6 is 11.3 Å². The van der Waals surface area contributed by atoms with Crippen molar-refractivity contribution in [2.45, 2.75) is 26.8 Å². The van der Waals surface area contributed by atoms with Crippen LogP contribution in [0.3, 0.4) is 0 Å². The minimum absolute atomic E-state index is 0.0977. The molecule has 0 saturated carbocycles. The van der Waals surface area contributed by atoms with Crippen molar-refractivity contribution in [3.05, 3.63) is 51.0 Å². The van der Waals surface area contributed by atoms with Crippen molar-refractivity contribution in [1.82, 2.24) is 4.98 Å². The van der Waals surface area contributed by atoms with Crippen molar-refractivity contribution in [1.29, 1.82) is 0 Å². The van der Waals surface area contributed by atoms with Crippen molar-refractivity contribution >= 4 is 17.1 Å². The number of hydrogen-bond acceptors (Lipinski definition) is 4. The second-order valence-corrected chi connectivity index (χ2v) is 5.42. The number of Topliss-reactive ketones (excluding diaryl/α,β-unsaturated/α-hetero) is 1. The molecule has 0 saturated heterocycles. The Hall–Kier alpha value is -1.52. The van der Waals surface area contributed by atoms with Gasteiger partial charge in [0.25, 0.3) is 0 Å². The number of aromatic nitrogens is 1. The molecule has 94 valence electrons. The van der Waals surface area contributed by atoms with Crippen LogP contribution in [0.5, 0.6) is 0 Å². The lowest BCUT2D eigenvalue weighted by atomic mass is 10.0. The standard InChI is InChI=1S/C14H16N2OS/c1-9-13(18-14(8-15)16-9)7-11-4-3-5-12(6-11)10(2)17/h3-6H,7-8,15H2,1-2H3. The van der Waals surface area contributed by atoms with Crippen LogP contribution in [0, 0.1) is 6.92 Å². The van der Waals surface area contributed by atoms with Gasteiger partial charge in [-0.05, 0) is 25.5 Å². The van der Waals surface area contributed by atoms with Gasteiger partial charge in [0.2, 0.25) is 0 Å². The molecule has 0 radical (unpaired) electrons. The second kappa shape index (κ2) is 5.42. The van der Waals surface area contributed by atoms with Crippen LogP contribution in [0.15, 0.2) is 24.3 Å². The summed E-state index contributed by atoms with van der Waals surface area (Å²) in [4.78, 5) is 17.0. The molecule has 0 aliphatic heterocycles. The monoisotopic (exact) mass is 260 g/mol. The molecule has 0 bridgehead atoms. The molecule has 0 fully saturated rings. The first kappa shape index (κ1) is 12.9. The maximum atomic E-state index is 11.3. The third-order valence-electron chi connectivity index (χ3n) is 2.81. The van der Waals surface area contributed by atoms with Gasteiger partial charge >= 0.3 is 0 Å². The molecular weight excluding hydrogens is 244 g/mol. The summed E-state index contributed by atoms with van der Waals surface area (Å²) in [7, 11) is 0. The molecule has 1 aromatic carbocycles. The number of nitrogens with zero attached hydrogens (tertiary/aromatic N) is 1. The van der Waals surface area contributed by atoms with E-state index < -0.39 is 0 Å². The molecule has 1 heterocycles. The highest BCUT2D eigenvalue weighted by molar-refractivity contribution is 7.11. The van der Waals surface area contributed by atoms with Crippen LogP contribution < -0.4 is 5.73 Å². The fourth-order valence-corrected chi connectivity index (χ4v) is 2.81. The highest BCUT2D eigenvalue weighted by Gasteiger charge is 2.08. The molecular formula is C14H16N2OS. The van der Waals surface area contributed by atoms with Crippen LogP contribution in [0.4, 0.5) is 0 Å². The minimum Gasteiger partial charge on any atom is -0.325 e. The lowest BCUT2D eigenvalue weighted by molar-refractivity contribution is 0.101. The predicted octanol–water partition coefficient (Wildman–Crippen LogP) is 2.70. The van der Waals surface area contributed by atoms with E-state index in [9.17, 15) is 4.79 Å². The van der Waals surface area contributed by atoms with E-state index >= 15 is 0 Å². The predicted molar refractivity (Wildman–Crippen MR) is 74.0 cm³/mol. The Morgan fingerprint density at radius 1 is 1.44 bits per heavy atom. The molecule has 0 atom stereocenters. The van der Waals surface area contributed by atoms with Crippen LogP contribution in [-0.4, -0.2) is 10.8 Å². The quantitative estimate of drug-likeness (QED) is 0.860. The average Bonchev–Trinajstić information content (AvgIpc) is 2.70. The Morgan fingerprint density at radius 2 is 2.22 bits per heavy atom. The minimum atomic E-state index is 0.0977. The van der Waals surface area contributed by atoms with Gasteiger partial charge in [0.1, 0.15) is 5.01 Å². The van der Waals surface area contributed by atoms with E-state index in [2.05, 4.69) is 4.98 Å². The van der Waals surface area contributed by atoms with Gasteiger partial charge in [0.05, 0.1) is 5.69 Å². The topological polar surface area (TPSA) is 56.0 Å². The summed E-state index contributed by atoms with van der Waals surface area (Å²) in [5.74, 6) is 0.0977. The summed E-state index contributed by atoms with van der Waals surface area (Å²) >= 11 is 1.65. The van der Waals surface area contributed by atoms with Gasteiger partial charge in [-0.25, -0.2) is 4.98 Å². The lowest BCUT2D eigenvalue weighted by Crippen LogP contribution is -1.94. The SMILES string of the molecule is CC(=O)c1cccc(Cc2sc(CN)nc2C)c1. The number of carbonyl (C=O) groups excluding carboxylic acids is 1. The fraction of sp³-hybridized carbons (Fsp3) is 0.286. The molecule has 0 aliphatic carbocycles. The van der Waals surface area contributed by atoms with Crippen molar-refractivity contribution in [3.8, 4) is 0 Å². The Morgan fingerprint density at radius 3 is 2.83 bits per heavy atom. The van der Waals surface area contributed by atoms with Crippen LogP contribution in [-0.2, 0) is 13.0 Å². The van der Waals surface area contributed by atoms with E-state index in [4.69, 9.17) is 5.73 Å². The molecule has 2 rings (SSSR count). The Labute approximate surface area is 111 Å². The van der Waals surface area contributed by atoms with Gasteiger partial charge in [0.15, 0.2) is 5.78 Å². The molecule has 0 amide bonds. The summed E-state index contributed by atoms with van der Waals surface area (Å²) in [6.07, 6.45) is 0.810.